The number of halogens is 3. The van der Waals surface area contributed by atoms with Crippen LogP contribution in [0.2, 0.25) is 0 Å². The van der Waals surface area contributed by atoms with Crippen LogP contribution in [0.4, 0.5) is 13.2 Å². The number of rotatable bonds is 3. The van der Waals surface area contributed by atoms with E-state index in [9.17, 15) is 23.1 Å². The molecule has 4 aromatic rings. The molecular weight excluding hydrogens is 347 g/mol. The summed E-state index contributed by atoms with van der Waals surface area (Å²) in [5.41, 5.74) is -0.456. The number of para-hydroxylation sites is 1. The molecule has 2 aromatic carbocycles. The predicted molar refractivity (Wildman–Crippen MR) is 89.2 cm³/mol. The fourth-order valence-corrected chi connectivity index (χ4v) is 3.09. The van der Waals surface area contributed by atoms with Crippen molar-refractivity contribution in [3.63, 3.8) is 0 Å². The topological polar surface area (TPSA) is 55.4 Å². The van der Waals surface area contributed by atoms with Gasteiger partial charge in [0.2, 0.25) is 0 Å². The lowest BCUT2D eigenvalue weighted by Gasteiger charge is -2.11. The van der Waals surface area contributed by atoms with Gasteiger partial charge in [-0.2, -0.15) is 13.2 Å². The molecule has 0 aliphatic rings. The molecule has 0 radical (unpaired) electrons. The first kappa shape index (κ1) is 16.3. The van der Waals surface area contributed by atoms with Crippen LogP contribution in [0, 0.1) is 0 Å². The monoisotopic (exact) mass is 359 g/mol. The van der Waals surface area contributed by atoms with Crippen molar-refractivity contribution in [3.8, 4) is 0 Å². The van der Waals surface area contributed by atoms with Crippen molar-refractivity contribution in [1.82, 2.24) is 4.57 Å². The molecule has 4 nitrogen and oxygen atoms in total. The smallest absolute Gasteiger partial charge is 0.416 e. The summed E-state index contributed by atoms with van der Waals surface area (Å²) in [5.74, 6) is -0.828. The third kappa shape index (κ3) is 2.71. The SMILES string of the molecule is O=C(O)c1cc(C(F)(F)F)cc2ccn(Cc3cc4ccccc4o3)c12. The number of carbonyl (C=O) groups is 1. The van der Waals surface area contributed by atoms with Gasteiger partial charge in [-0.3, -0.25) is 0 Å². The standard InChI is InChI=1S/C19H12F3NO3/c20-19(21,22)13-7-12-5-6-23(17(12)15(9-13)18(24)25)10-14-8-11-3-1-2-4-16(11)26-14/h1-9H,10H2,(H,24,25). The second-order valence-corrected chi connectivity index (χ2v) is 5.96. The quantitative estimate of drug-likeness (QED) is 0.550. The lowest BCUT2D eigenvalue weighted by molar-refractivity contribution is -0.137. The highest BCUT2D eigenvalue weighted by Gasteiger charge is 2.32. The number of furan rings is 1. The minimum absolute atomic E-state index is 0.212. The van der Waals surface area contributed by atoms with Gasteiger partial charge >= 0.3 is 12.1 Å². The molecule has 26 heavy (non-hydrogen) atoms. The fraction of sp³-hybridized carbons (Fsp3) is 0.105. The maximum atomic E-state index is 13.0. The average molecular weight is 359 g/mol. The van der Waals surface area contributed by atoms with E-state index in [1.165, 1.54) is 6.07 Å². The van der Waals surface area contributed by atoms with E-state index in [1.54, 1.807) is 10.8 Å². The molecule has 0 spiro atoms. The van der Waals surface area contributed by atoms with Gasteiger partial charge in [0, 0.05) is 17.0 Å². The molecule has 0 aliphatic heterocycles. The molecular formula is C19H12F3NO3. The van der Waals surface area contributed by atoms with E-state index in [4.69, 9.17) is 4.42 Å². The summed E-state index contributed by atoms with van der Waals surface area (Å²) >= 11 is 0. The molecule has 0 amide bonds. The zero-order chi connectivity index (χ0) is 18.5. The maximum absolute atomic E-state index is 13.0. The Morgan fingerprint density at radius 1 is 1.08 bits per heavy atom. The van der Waals surface area contributed by atoms with Gasteiger partial charge in [-0.05, 0) is 30.3 Å². The van der Waals surface area contributed by atoms with E-state index in [2.05, 4.69) is 0 Å². The summed E-state index contributed by atoms with van der Waals surface area (Å²) in [5, 5.41) is 10.5. The van der Waals surface area contributed by atoms with Crippen molar-refractivity contribution in [1.29, 1.82) is 0 Å². The Labute approximate surface area is 145 Å². The van der Waals surface area contributed by atoms with Crippen molar-refractivity contribution in [3.05, 3.63) is 71.6 Å². The van der Waals surface area contributed by atoms with Gasteiger partial charge in [-0.1, -0.05) is 18.2 Å². The number of alkyl halides is 3. The Morgan fingerprint density at radius 3 is 2.54 bits per heavy atom. The highest BCUT2D eigenvalue weighted by molar-refractivity contribution is 6.03. The molecule has 0 aliphatic carbocycles. The molecule has 0 fully saturated rings. The second kappa shape index (κ2) is 5.66. The molecule has 7 heteroatoms. The van der Waals surface area contributed by atoms with Crippen LogP contribution in [-0.4, -0.2) is 15.6 Å². The van der Waals surface area contributed by atoms with Crippen molar-refractivity contribution in [2.45, 2.75) is 12.7 Å². The third-order valence-corrected chi connectivity index (χ3v) is 4.22. The number of aromatic carboxylic acids is 1. The Bertz CT molecular complexity index is 1110. The molecule has 1 N–H and O–H groups in total. The van der Waals surface area contributed by atoms with Gasteiger partial charge in [-0.25, -0.2) is 4.79 Å². The number of hydrogen-bond donors (Lipinski definition) is 1. The van der Waals surface area contributed by atoms with Crippen LogP contribution in [-0.2, 0) is 12.7 Å². The molecule has 4 rings (SSSR count). The second-order valence-electron chi connectivity index (χ2n) is 5.96. The first-order valence-corrected chi connectivity index (χ1v) is 7.74. The van der Waals surface area contributed by atoms with Crippen LogP contribution in [0.15, 0.2) is 59.1 Å². The largest absolute Gasteiger partial charge is 0.478 e. The average Bonchev–Trinajstić information content (AvgIpc) is 3.17. The summed E-state index contributed by atoms with van der Waals surface area (Å²) in [7, 11) is 0. The van der Waals surface area contributed by atoms with Crippen LogP contribution in [0.1, 0.15) is 21.7 Å². The van der Waals surface area contributed by atoms with Crippen LogP contribution in [0.25, 0.3) is 21.9 Å². The lowest BCUT2D eigenvalue weighted by atomic mass is 10.1. The number of hydrogen-bond acceptors (Lipinski definition) is 2. The van der Waals surface area contributed by atoms with Gasteiger partial charge in [0.05, 0.1) is 23.2 Å². The Kier molecular flexibility index (Phi) is 3.54. The van der Waals surface area contributed by atoms with Crippen LogP contribution in [0.5, 0.6) is 0 Å². The van der Waals surface area contributed by atoms with Crippen LogP contribution in [0.3, 0.4) is 0 Å². The van der Waals surface area contributed by atoms with E-state index in [0.29, 0.717) is 17.4 Å². The third-order valence-electron chi connectivity index (χ3n) is 4.22. The Morgan fingerprint density at radius 2 is 1.85 bits per heavy atom. The molecule has 2 heterocycles. The first-order chi connectivity index (χ1) is 12.3. The van der Waals surface area contributed by atoms with Crippen molar-refractivity contribution in [2.75, 3.05) is 0 Å². The highest BCUT2D eigenvalue weighted by Crippen LogP contribution is 2.34. The van der Waals surface area contributed by atoms with E-state index in [-0.39, 0.29) is 17.4 Å². The van der Waals surface area contributed by atoms with Crippen molar-refractivity contribution in [2.24, 2.45) is 0 Å². The number of carboxylic acid groups (broad SMARTS) is 1. The number of nitrogens with zero attached hydrogens (tertiary/aromatic N) is 1. The van der Waals surface area contributed by atoms with Gasteiger partial charge in [-0.15, -0.1) is 0 Å². The van der Waals surface area contributed by atoms with Crippen LogP contribution >= 0.6 is 0 Å². The molecule has 0 saturated heterocycles. The maximum Gasteiger partial charge on any atom is 0.416 e. The minimum Gasteiger partial charge on any atom is -0.478 e. The molecule has 0 atom stereocenters. The van der Waals surface area contributed by atoms with Crippen molar-refractivity contribution < 1.29 is 27.5 Å². The molecule has 0 unspecified atom stereocenters. The fourth-order valence-electron chi connectivity index (χ4n) is 3.09. The Balaban J connectivity index is 1.84. The molecule has 0 saturated carbocycles. The van der Waals surface area contributed by atoms with Gasteiger partial charge in [0.25, 0.3) is 0 Å². The van der Waals surface area contributed by atoms with Gasteiger partial charge < -0.3 is 14.1 Å². The van der Waals surface area contributed by atoms with Crippen molar-refractivity contribution >= 4 is 27.8 Å². The summed E-state index contributed by atoms with van der Waals surface area (Å²) in [6.45, 7) is 0.212. The van der Waals surface area contributed by atoms with E-state index in [0.717, 1.165) is 11.5 Å². The van der Waals surface area contributed by atoms with E-state index < -0.39 is 23.3 Å². The normalized spacial score (nSPS) is 12.1. The molecule has 2 aromatic heterocycles. The first-order valence-electron chi connectivity index (χ1n) is 7.74. The number of benzene rings is 2. The number of aromatic nitrogens is 1. The molecule has 0 bridgehead atoms. The summed E-state index contributed by atoms with van der Waals surface area (Å²) < 4.78 is 46.3. The summed E-state index contributed by atoms with van der Waals surface area (Å²) in [6.07, 6.45) is -3.05. The predicted octanol–water partition coefficient (Wildman–Crippen LogP) is 5.15. The summed E-state index contributed by atoms with van der Waals surface area (Å²) in [6, 6.07) is 12.3. The minimum atomic E-state index is -4.61. The zero-order valence-corrected chi connectivity index (χ0v) is 13.2. The zero-order valence-electron chi connectivity index (χ0n) is 13.2. The van der Waals surface area contributed by atoms with Crippen LogP contribution < -0.4 is 0 Å². The highest BCUT2D eigenvalue weighted by atomic mass is 19.4. The molecule has 132 valence electrons. The van der Waals surface area contributed by atoms with Gasteiger partial charge in [0.1, 0.15) is 11.3 Å². The Hall–Kier alpha value is -3.22. The number of carboxylic acids is 1. The van der Waals surface area contributed by atoms with E-state index in [1.807, 2.05) is 30.3 Å². The number of fused-ring (bicyclic) bond motifs is 2. The lowest BCUT2D eigenvalue weighted by Crippen LogP contribution is -2.09. The van der Waals surface area contributed by atoms with Gasteiger partial charge in [0.15, 0.2) is 0 Å². The summed E-state index contributed by atoms with van der Waals surface area (Å²) in [4.78, 5) is 11.5. The van der Waals surface area contributed by atoms with E-state index >= 15 is 0 Å².